The van der Waals surface area contributed by atoms with Crippen molar-refractivity contribution < 1.29 is 0 Å². The molecule has 0 aliphatic heterocycles. The second kappa shape index (κ2) is 9.47. The van der Waals surface area contributed by atoms with Crippen LogP contribution in [0.4, 0.5) is 0 Å². The summed E-state index contributed by atoms with van der Waals surface area (Å²) in [5.41, 5.74) is 0. The van der Waals surface area contributed by atoms with E-state index in [-0.39, 0.29) is 0 Å². The van der Waals surface area contributed by atoms with Gasteiger partial charge in [0.05, 0.1) is 0 Å². The number of hydrogen-bond donors (Lipinski definition) is 1. The normalized spacial score (nSPS) is 13.5. The fourth-order valence-electron chi connectivity index (χ4n) is 1.56. The van der Waals surface area contributed by atoms with Crippen molar-refractivity contribution in [2.24, 2.45) is 0 Å². The molecule has 14 heavy (non-hydrogen) atoms. The standard InChI is InChI=1S/C12H28N2/c1-5-6-7-10-14(4)11-8-9-12(2)13-3/h12-13H,5-11H2,1-4H3. The zero-order valence-corrected chi connectivity index (χ0v) is 10.5. The molecule has 0 saturated heterocycles. The van der Waals surface area contributed by atoms with Gasteiger partial charge in [-0.3, -0.25) is 0 Å². The van der Waals surface area contributed by atoms with Crippen molar-refractivity contribution in [3.63, 3.8) is 0 Å². The highest BCUT2D eigenvalue weighted by atomic mass is 15.1. The van der Waals surface area contributed by atoms with Crippen LogP contribution in [0.5, 0.6) is 0 Å². The molecule has 0 fully saturated rings. The lowest BCUT2D eigenvalue weighted by Crippen LogP contribution is -2.25. The van der Waals surface area contributed by atoms with Crippen LogP contribution in [0.25, 0.3) is 0 Å². The Morgan fingerprint density at radius 2 is 1.79 bits per heavy atom. The summed E-state index contributed by atoms with van der Waals surface area (Å²) in [6, 6.07) is 0.666. The molecule has 1 atom stereocenters. The highest BCUT2D eigenvalue weighted by molar-refractivity contribution is 4.59. The predicted octanol–water partition coefficient (Wildman–Crippen LogP) is 2.50. The van der Waals surface area contributed by atoms with Crippen LogP contribution in [0.2, 0.25) is 0 Å². The molecular weight excluding hydrogens is 172 g/mol. The van der Waals surface area contributed by atoms with Crippen molar-refractivity contribution >= 4 is 0 Å². The van der Waals surface area contributed by atoms with Gasteiger partial charge in [-0.2, -0.15) is 0 Å². The average Bonchev–Trinajstić information content (AvgIpc) is 2.18. The number of unbranched alkanes of at least 4 members (excludes halogenated alkanes) is 2. The molecule has 0 aliphatic carbocycles. The zero-order valence-electron chi connectivity index (χ0n) is 10.5. The minimum absolute atomic E-state index is 0.666. The molecule has 0 aromatic heterocycles. The maximum absolute atomic E-state index is 3.27. The van der Waals surface area contributed by atoms with Gasteiger partial charge in [0.1, 0.15) is 0 Å². The Morgan fingerprint density at radius 3 is 2.36 bits per heavy atom. The maximum Gasteiger partial charge on any atom is 0.00362 e. The summed E-state index contributed by atoms with van der Waals surface area (Å²) in [6.07, 6.45) is 6.65. The average molecular weight is 200 g/mol. The van der Waals surface area contributed by atoms with Crippen molar-refractivity contribution in [1.29, 1.82) is 0 Å². The van der Waals surface area contributed by atoms with Crippen molar-refractivity contribution in [2.75, 3.05) is 27.2 Å². The molecule has 0 bridgehead atoms. The molecule has 0 rings (SSSR count). The van der Waals surface area contributed by atoms with E-state index >= 15 is 0 Å². The van der Waals surface area contributed by atoms with Gasteiger partial charge in [-0.25, -0.2) is 0 Å². The Hall–Kier alpha value is -0.0800. The van der Waals surface area contributed by atoms with Crippen LogP contribution in [0.15, 0.2) is 0 Å². The van der Waals surface area contributed by atoms with E-state index in [4.69, 9.17) is 0 Å². The van der Waals surface area contributed by atoms with Crippen molar-refractivity contribution in [3.05, 3.63) is 0 Å². The molecule has 2 nitrogen and oxygen atoms in total. The minimum Gasteiger partial charge on any atom is -0.317 e. The molecule has 0 amide bonds. The highest BCUT2D eigenvalue weighted by Crippen LogP contribution is 2.00. The summed E-state index contributed by atoms with van der Waals surface area (Å²) in [7, 11) is 4.27. The van der Waals surface area contributed by atoms with E-state index in [1.54, 1.807) is 0 Å². The summed E-state index contributed by atoms with van der Waals surface area (Å²) in [6.45, 7) is 7.02. The SMILES string of the molecule is CCCCCN(C)CCCC(C)NC. The van der Waals surface area contributed by atoms with Crippen LogP contribution in [-0.4, -0.2) is 38.1 Å². The third-order valence-corrected chi connectivity index (χ3v) is 2.81. The van der Waals surface area contributed by atoms with E-state index in [2.05, 4.69) is 31.1 Å². The first-order valence-electron chi connectivity index (χ1n) is 6.06. The molecule has 2 heteroatoms. The van der Waals surface area contributed by atoms with E-state index in [0.29, 0.717) is 6.04 Å². The van der Waals surface area contributed by atoms with Crippen LogP contribution >= 0.6 is 0 Å². The molecule has 0 aromatic carbocycles. The molecule has 0 aliphatic rings. The summed E-state index contributed by atoms with van der Waals surface area (Å²) < 4.78 is 0. The first kappa shape index (κ1) is 13.9. The molecule has 0 aromatic rings. The quantitative estimate of drug-likeness (QED) is 0.575. The lowest BCUT2D eigenvalue weighted by molar-refractivity contribution is 0.312. The van der Waals surface area contributed by atoms with Gasteiger partial charge in [-0.15, -0.1) is 0 Å². The second-order valence-electron chi connectivity index (χ2n) is 4.34. The maximum atomic E-state index is 3.27. The van der Waals surface area contributed by atoms with Gasteiger partial charge in [0.25, 0.3) is 0 Å². The van der Waals surface area contributed by atoms with Crippen LogP contribution in [0.1, 0.15) is 46.0 Å². The third kappa shape index (κ3) is 8.52. The van der Waals surface area contributed by atoms with Crippen molar-refractivity contribution in [1.82, 2.24) is 10.2 Å². The van der Waals surface area contributed by atoms with E-state index in [9.17, 15) is 0 Å². The molecule has 0 saturated carbocycles. The van der Waals surface area contributed by atoms with Gasteiger partial charge in [0.2, 0.25) is 0 Å². The lowest BCUT2D eigenvalue weighted by atomic mass is 10.2. The fraction of sp³-hybridized carbons (Fsp3) is 1.00. The fourth-order valence-corrected chi connectivity index (χ4v) is 1.56. The van der Waals surface area contributed by atoms with Gasteiger partial charge in [0.15, 0.2) is 0 Å². The topological polar surface area (TPSA) is 15.3 Å². The second-order valence-corrected chi connectivity index (χ2v) is 4.34. The molecule has 86 valence electrons. The Morgan fingerprint density at radius 1 is 1.14 bits per heavy atom. The van der Waals surface area contributed by atoms with E-state index < -0.39 is 0 Å². The summed E-state index contributed by atoms with van der Waals surface area (Å²) in [4.78, 5) is 2.46. The zero-order chi connectivity index (χ0) is 10.8. The van der Waals surface area contributed by atoms with Crippen molar-refractivity contribution in [3.8, 4) is 0 Å². The minimum atomic E-state index is 0.666. The third-order valence-electron chi connectivity index (χ3n) is 2.81. The monoisotopic (exact) mass is 200 g/mol. The largest absolute Gasteiger partial charge is 0.317 e. The van der Waals surface area contributed by atoms with Gasteiger partial charge >= 0.3 is 0 Å². The number of nitrogens with zero attached hydrogens (tertiary/aromatic N) is 1. The Kier molecular flexibility index (Phi) is 9.42. The van der Waals surface area contributed by atoms with Crippen LogP contribution in [-0.2, 0) is 0 Å². The summed E-state index contributed by atoms with van der Waals surface area (Å²) in [5, 5.41) is 3.27. The predicted molar refractivity (Wildman–Crippen MR) is 64.8 cm³/mol. The van der Waals surface area contributed by atoms with Crippen molar-refractivity contribution in [2.45, 2.75) is 52.0 Å². The van der Waals surface area contributed by atoms with Crippen LogP contribution in [0, 0.1) is 0 Å². The van der Waals surface area contributed by atoms with Gasteiger partial charge in [-0.1, -0.05) is 19.8 Å². The molecular formula is C12H28N2. The Labute approximate surface area is 90.1 Å². The lowest BCUT2D eigenvalue weighted by Gasteiger charge is -2.17. The summed E-state index contributed by atoms with van der Waals surface area (Å²) in [5.74, 6) is 0. The Bertz CT molecular complexity index is 115. The first-order valence-corrected chi connectivity index (χ1v) is 6.06. The first-order chi connectivity index (χ1) is 6.70. The van der Waals surface area contributed by atoms with E-state index in [0.717, 1.165) is 0 Å². The van der Waals surface area contributed by atoms with E-state index in [1.165, 1.54) is 45.2 Å². The van der Waals surface area contributed by atoms with Gasteiger partial charge in [-0.05, 0) is 53.4 Å². The van der Waals surface area contributed by atoms with Gasteiger partial charge in [0, 0.05) is 6.04 Å². The molecule has 0 radical (unpaired) electrons. The highest BCUT2D eigenvalue weighted by Gasteiger charge is 2.00. The van der Waals surface area contributed by atoms with Gasteiger partial charge < -0.3 is 10.2 Å². The number of nitrogens with one attached hydrogen (secondary N) is 1. The van der Waals surface area contributed by atoms with Crippen LogP contribution in [0.3, 0.4) is 0 Å². The smallest absolute Gasteiger partial charge is 0.00362 e. The van der Waals surface area contributed by atoms with E-state index in [1.807, 2.05) is 7.05 Å². The summed E-state index contributed by atoms with van der Waals surface area (Å²) >= 11 is 0. The van der Waals surface area contributed by atoms with Crippen LogP contribution < -0.4 is 5.32 Å². The molecule has 0 spiro atoms. The molecule has 1 N–H and O–H groups in total. The molecule has 0 heterocycles. The number of rotatable bonds is 9. The number of hydrogen-bond acceptors (Lipinski definition) is 2. The Balaban J connectivity index is 3.21. The molecule has 1 unspecified atom stereocenters.